The Morgan fingerprint density at radius 3 is 2.44 bits per heavy atom. The van der Waals surface area contributed by atoms with Gasteiger partial charge in [-0.15, -0.1) is 24.0 Å². The second-order valence-electron chi connectivity index (χ2n) is 4.34. The third kappa shape index (κ3) is 4.48. The van der Waals surface area contributed by atoms with Crippen LogP contribution in [-0.2, 0) is 0 Å². The maximum absolute atomic E-state index is 4.57. The molecule has 1 heterocycles. The first kappa shape index (κ1) is 15.3. The third-order valence-corrected chi connectivity index (χ3v) is 2.99. The molecule has 1 aliphatic rings. The molecule has 1 saturated heterocycles. The van der Waals surface area contributed by atoms with E-state index in [2.05, 4.69) is 34.3 Å². The molecule has 2 rings (SSSR count). The number of piperidine rings is 1. The Hall–Kier alpha value is -0.780. The highest BCUT2D eigenvalue weighted by molar-refractivity contribution is 14.0. The summed E-state index contributed by atoms with van der Waals surface area (Å²) in [5, 5.41) is 3.43. The van der Waals surface area contributed by atoms with Crippen LogP contribution in [-0.4, -0.2) is 30.5 Å². The summed E-state index contributed by atoms with van der Waals surface area (Å²) < 4.78 is 0. The van der Waals surface area contributed by atoms with Gasteiger partial charge in [0, 0.05) is 25.3 Å². The van der Waals surface area contributed by atoms with Gasteiger partial charge in [-0.2, -0.15) is 0 Å². The summed E-state index contributed by atoms with van der Waals surface area (Å²) in [6, 6.07) is 10.3. The van der Waals surface area contributed by atoms with Gasteiger partial charge >= 0.3 is 0 Å². The Morgan fingerprint density at radius 1 is 1.17 bits per heavy atom. The molecule has 1 aliphatic heterocycles. The zero-order valence-electron chi connectivity index (χ0n) is 10.9. The predicted molar refractivity (Wildman–Crippen MR) is 88.9 cm³/mol. The molecule has 3 nitrogen and oxygen atoms in total. The van der Waals surface area contributed by atoms with Crippen molar-refractivity contribution in [3.05, 3.63) is 30.3 Å². The molecule has 100 valence electrons. The van der Waals surface area contributed by atoms with Gasteiger partial charge in [-0.3, -0.25) is 4.99 Å². The summed E-state index contributed by atoms with van der Waals surface area (Å²) in [6.45, 7) is 5.15. The zero-order chi connectivity index (χ0) is 11.9. The average Bonchev–Trinajstić information content (AvgIpc) is 2.40. The van der Waals surface area contributed by atoms with Crippen LogP contribution in [0.5, 0.6) is 0 Å². The summed E-state index contributed by atoms with van der Waals surface area (Å²) in [5.74, 6) is 1.03. The molecule has 0 aromatic heterocycles. The van der Waals surface area contributed by atoms with E-state index in [9.17, 15) is 0 Å². The van der Waals surface area contributed by atoms with Crippen LogP contribution in [0.2, 0.25) is 0 Å². The number of para-hydroxylation sites is 1. The summed E-state index contributed by atoms with van der Waals surface area (Å²) in [4.78, 5) is 6.94. The number of hydrogen-bond acceptors (Lipinski definition) is 1. The van der Waals surface area contributed by atoms with Gasteiger partial charge in [0.15, 0.2) is 5.96 Å². The molecule has 0 bridgehead atoms. The maximum atomic E-state index is 4.57. The molecule has 0 amide bonds. The number of aliphatic imine (C=N–C) groups is 1. The van der Waals surface area contributed by atoms with Crippen molar-refractivity contribution in [3.63, 3.8) is 0 Å². The van der Waals surface area contributed by atoms with Crippen molar-refractivity contribution in [2.45, 2.75) is 26.2 Å². The molecular weight excluding hydrogens is 337 g/mol. The van der Waals surface area contributed by atoms with Gasteiger partial charge in [0.05, 0.1) is 0 Å². The molecule has 1 aromatic rings. The van der Waals surface area contributed by atoms with Gasteiger partial charge in [-0.05, 0) is 38.3 Å². The van der Waals surface area contributed by atoms with E-state index in [-0.39, 0.29) is 24.0 Å². The van der Waals surface area contributed by atoms with E-state index in [0.29, 0.717) is 0 Å². The van der Waals surface area contributed by atoms with Gasteiger partial charge in [0.25, 0.3) is 0 Å². The normalized spacial score (nSPS) is 16.1. The van der Waals surface area contributed by atoms with Crippen molar-refractivity contribution >= 4 is 35.6 Å². The smallest absolute Gasteiger partial charge is 0.198 e. The van der Waals surface area contributed by atoms with Crippen LogP contribution < -0.4 is 5.32 Å². The van der Waals surface area contributed by atoms with E-state index in [1.54, 1.807) is 0 Å². The summed E-state index contributed by atoms with van der Waals surface area (Å²) in [7, 11) is 0. The maximum Gasteiger partial charge on any atom is 0.198 e. The minimum atomic E-state index is 0. The van der Waals surface area contributed by atoms with Crippen LogP contribution in [0.15, 0.2) is 35.3 Å². The molecule has 0 aliphatic carbocycles. The first-order chi connectivity index (χ1) is 8.40. The molecule has 0 atom stereocenters. The first-order valence-corrected chi connectivity index (χ1v) is 6.51. The Bertz CT molecular complexity index is 359. The van der Waals surface area contributed by atoms with Crippen LogP contribution in [0.4, 0.5) is 5.69 Å². The standard InChI is InChI=1S/C14H21N3.HI/c1-2-15-14(17-11-7-4-8-12-17)16-13-9-5-3-6-10-13;/h3,5-6,9-10H,2,4,7-8,11-12H2,1H3,(H,15,16);1H. The number of rotatable bonds is 2. The minimum Gasteiger partial charge on any atom is -0.343 e. The van der Waals surface area contributed by atoms with E-state index in [0.717, 1.165) is 31.3 Å². The number of guanidine groups is 1. The Morgan fingerprint density at radius 2 is 1.83 bits per heavy atom. The lowest BCUT2D eigenvalue weighted by Gasteiger charge is -2.30. The fourth-order valence-electron chi connectivity index (χ4n) is 2.12. The number of likely N-dealkylation sites (tertiary alicyclic amines) is 1. The number of halogens is 1. The molecule has 0 spiro atoms. The quantitative estimate of drug-likeness (QED) is 0.497. The summed E-state index contributed by atoms with van der Waals surface area (Å²) in [5.41, 5.74) is 1.12. The van der Waals surface area contributed by atoms with E-state index in [4.69, 9.17) is 0 Å². The SMILES string of the molecule is CCN=C(Nc1ccccc1)N1CCCCC1.I. The van der Waals surface area contributed by atoms with Crippen molar-refractivity contribution in [1.82, 2.24) is 4.90 Å². The molecule has 0 unspecified atom stereocenters. The summed E-state index contributed by atoms with van der Waals surface area (Å²) >= 11 is 0. The zero-order valence-corrected chi connectivity index (χ0v) is 13.3. The van der Waals surface area contributed by atoms with E-state index in [1.807, 2.05) is 18.2 Å². The molecule has 1 N–H and O–H groups in total. The fraction of sp³-hybridized carbons (Fsp3) is 0.500. The Balaban J connectivity index is 0.00000162. The second-order valence-corrected chi connectivity index (χ2v) is 4.34. The molecular formula is C14H22IN3. The van der Waals surface area contributed by atoms with Gasteiger partial charge in [-0.25, -0.2) is 0 Å². The number of hydrogen-bond donors (Lipinski definition) is 1. The van der Waals surface area contributed by atoms with Crippen LogP contribution in [0.1, 0.15) is 26.2 Å². The van der Waals surface area contributed by atoms with Crippen molar-refractivity contribution in [2.75, 3.05) is 25.0 Å². The van der Waals surface area contributed by atoms with Crippen LogP contribution in [0.3, 0.4) is 0 Å². The van der Waals surface area contributed by atoms with Gasteiger partial charge in [0.2, 0.25) is 0 Å². The summed E-state index contributed by atoms with van der Waals surface area (Å²) in [6.07, 6.45) is 3.90. The van der Waals surface area contributed by atoms with Crippen LogP contribution in [0, 0.1) is 0 Å². The largest absolute Gasteiger partial charge is 0.343 e. The van der Waals surface area contributed by atoms with Gasteiger partial charge in [0.1, 0.15) is 0 Å². The number of anilines is 1. The highest BCUT2D eigenvalue weighted by Crippen LogP contribution is 2.12. The molecule has 0 saturated carbocycles. The highest BCUT2D eigenvalue weighted by atomic mass is 127. The monoisotopic (exact) mass is 359 g/mol. The fourth-order valence-corrected chi connectivity index (χ4v) is 2.12. The predicted octanol–water partition coefficient (Wildman–Crippen LogP) is 3.58. The molecule has 0 radical (unpaired) electrons. The van der Waals surface area contributed by atoms with Crippen molar-refractivity contribution in [3.8, 4) is 0 Å². The average molecular weight is 359 g/mol. The van der Waals surface area contributed by atoms with Crippen LogP contribution >= 0.6 is 24.0 Å². The Labute approximate surface area is 127 Å². The van der Waals surface area contributed by atoms with E-state index in [1.165, 1.54) is 19.3 Å². The number of nitrogens with zero attached hydrogens (tertiary/aromatic N) is 2. The molecule has 1 fully saturated rings. The topological polar surface area (TPSA) is 27.6 Å². The van der Waals surface area contributed by atoms with Crippen molar-refractivity contribution < 1.29 is 0 Å². The molecule has 18 heavy (non-hydrogen) atoms. The second kappa shape index (κ2) is 8.34. The van der Waals surface area contributed by atoms with Gasteiger partial charge in [-0.1, -0.05) is 18.2 Å². The van der Waals surface area contributed by atoms with E-state index >= 15 is 0 Å². The lowest BCUT2D eigenvalue weighted by atomic mass is 10.1. The third-order valence-electron chi connectivity index (χ3n) is 2.99. The molecule has 1 aromatic carbocycles. The van der Waals surface area contributed by atoms with Crippen LogP contribution in [0.25, 0.3) is 0 Å². The highest BCUT2D eigenvalue weighted by Gasteiger charge is 2.14. The number of nitrogens with one attached hydrogen (secondary N) is 1. The lowest BCUT2D eigenvalue weighted by Crippen LogP contribution is -2.40. The van der Waals surface area contributed by atoms with Crippen molar-refractivity contribution in [1.29, 1.82) is 0 Å². The van der Waals surface area contributed by atoms with E-state index < -0.39 is 0 Å². The molecule has 4 heteroatoms. The number of benzene rings is 1. The lowest BCUT2D eigenvalue weighted by molar-refractivity contribution is 0.340. The first-order valence-electron chi connectivity index (χ1n) is 6.51. The minimum absolute atomic E-state index is 0. The van der Waals surface area contributed by atoms with Crippen molar-refractivity contribution in [2.24, 2.45) is 4.99 Å². The van der Waals surface area contributed by atoms with Gasteiger partial charge < -0.3 is 10.2 Å². The Kier molecular flexibility index (Phi) is 7.08.